The maximum atomic E-state index is 13.0. The number of hydrogen-bond donors (Lipinski definition) is 1. The fraction of sp³-hybridized carbons (Fsp3) is 0.304. The zero-order valence-electron chi connectivity index (χ0n) is 17.9. The van der Waals surface area contributed by atoms with Gasteiger partial charge in [0.05, 0.1) is 11.8 Å². The van der Waals surface area contributed by atoms with Crippen LogP contribution in [0.15, 0.2) is 53.7 Å². The molecule has 0 aliphatic carbocycles. The summed E-state index contributed by atoms with van der Waals surface area (Å²) in [5.74, 6) is 0.800. The van der Waals surface area contributed by atoms with Crippen LogP contribution in [0.25, 0.3) is 0 Å². The number of aromatic nitrogens is 3. The first kappa shape index (κ1) is 22.4. The molecule has 2 aromatic carbocycles. The topological polar surface area (TPSA) is 80.1 Å². The van der Waals surface area contributed by atoms with Crippen molar-refractivity contribution in [1.82, 2.24) is 19.7 Å². The second-order valence-electron chi connectivity index (χ2n) is 7.77. The Kier molecular flexibility index (Phi) is 6.81. The lowest BCUT2D eigenvalue weighted by Gasteiger charge is -2.24. The van der Waals surface area contributed by atoms with Crippen molar-refractivity contribution in [2.45, 2.75) is 31.0 Å². The number of likely N-dealkylation sites (tertiary alicyclic amines) is 1. The van der Waals surface area contributed by atoms with Crippen molar-refractivity contribution in [2.24, 2.45) is 7.05 Å². The van der Waals surface area contributed by atoms with Gasteiger partial charge in [-0.05, 0) is 61.7 Å². The lowest BCUT2D eigenvalue weighted by Crippen LogP contribution is -2.31. The van der Waals surface area contributed by atoms with E-state index in [0.29, 0.717) is 22.3 Å². The monoisotopic (exact) mass is 469 g/mol. The Morgan fingerprint density at radius 1 is 1.19 bits per heavy atom. The average Bonchev–Trinajstić information content (AvgIpc) is 3.39. The van der Waals surface area contributed by atoms with E-state index in [1.54, 1.807) is 24.3 Å². The zero-order valence-corrected chi connectivity index (χ0v) is 19.5. The summed E-state index contributed by atoms with van der Waals surface area (Å²) in [4.78, 5) is 27.2. The van der Waals surface area contributed by atoms with Crippen molar-refractivity contribution >= 4 is 40.9 Å². The van der Waals surface area contributed by atoms with E-state index < -0.39 is 0 Å². The minimum atomic E-state index is -0.147. The predicted octanol–water partition coefficient (Wildman–Crippen LogP) is 4.49. The largest absolute Gasteiger partial charge is 0.328 e. The number of nitrogens with one attached hydrogen (secondary N) is 1. The molecule has 0 bridgehead atoms. The molecule has 1 saturated heterocycles. The third kappa shape index (κ3) is 4.97. The van der Waals surface area contributed by atoms with Crippen molar-refractivity contribution in [3.05, 3.63) is 70.5 Å². The summed E-state index contributed by atoms with van der Waals surface area (Å²) in [6.45, 7) is 2.65. The van der Waals surface area contributed by atoms with Crippen LogP contribution in [-0.2, 0) is 11.8 Å². The molecular formula is C23H24ClN5O2S. The summed E-state index contributed by atoms with van der Waals surface area (Å²) in [7, 11) is 1.87. The molecule has 3 aromatic rings. The second-order valence-corrected chi connectivity index (χ2v) is 9.15. The van der Waals surface area contributed by atoms with Crippen molar-refractivity contribution in [1.29, 1.82) is 0 Å². The van der Waals surface area contributed by atoms with Gasteiger partial charge in [-0.1, -0.05) is 35.5 Å². The van der Waals surface area contributed by atoms with Gasteiger partial charge in [-0.2, -0.15) is 0 Å². The molecule has 1 aliphatic heterocycles. The molecule has 1 fully saturated rings. The van der Waals surface area contributed by atoms with Gasteiger partial charge in [0, 0.05) is 29.9 Å². The molecule has 2 amide bonds. The van der Waals surface area contributed by atoms with E-state index in [1.807, 2.05) is 47.7 Å². The van der Waals surface area contributed by atoms with Gasteiger partial charge in [-0.3, -0.25) is 9.59 Å². The quantitative estimate of drug-likeness (QED) is 0.538. The number of carbonyl (C=O) groups is 2. The molecular weight excluding hydrogens is 446 g/mol. The van der Waals surface area contributed by atoms with Crippen LogP contribution in [0.2, 0.25) is 5.02 Å². The van der Waals surface area contributed by atoms with E-state index in [-0.39, 0.29) is 23.6 Å². The van der Waals surface area contributed by atoms with Crippen molar-refractivity contribution in [2.75, 3.05) is 17.6 Å². The zero-order chi connectivity index (χ0) is 22.7. The molecule has 4 rings (SSSR count). The average molecular weight is 470 g/mol. The summed E-state index contributed by atoms with van der Waals surface area (Å²) in [5, 5.41) is 12.8. The third-order valence-corrected chi connectivity index (χ3v) is 6.68. The van der Waals surface area contributed by atoms with Gasteiger partial charge in [0.2, 0.25) is 5.91 Å². The first-order valence-corrected chi connectivity index (χ1v) is 11.7. The molecule has 1 atom stereocenters. The first-order chi connectivity index (χ1) is 15.4. The third-order valence-electron chi connectivity index (χ3n) is 5.41. The molecule has 0 saturated carbocycles. The Labute approximate surface area is 196 Å². The molecule has 1 aromatic heterocycles. The van der Waals surface area contributed by atoms with E-state index in [4.69, 9.17) is 11.6 Å². The highest BCUT2D eigenvalue weighted by Gasteiger charge is 2.34. The number of aryl methyl sites for hydroxylation is 1. The van der Waals surface area contributed by atoms with Gasteiger partial charge >= 0.3 is 0 Å². The molecule has 1 aliphatic rings. The smallest absolute Gasteiger partial charge is 0.254 e. The van der Waals surface area contributed by atoms with E-state index in [2.05, 4.69) is 15.5 Å². The van der Waals surface area contributed by atoms with Crippen LogP contribution >= 0.6 is 23.4 Å². The molecule has 7 nitrogen and oxygen atoms in total. The number of anilines is 1. The fourth-order valence-corrected chi connectivity index (χ4v) is 4.67. The van der Waals surface area contributed by atoms with Crippen LogP contribution in [0, 0.1) is 6.92 Å². The number of nitrogens with zero attached hydrogens (tertiary/aromatic N) is 4. The Balaban J connectivity index is 1.42. The molecule has 32 heavy (non-hydrogen) atoms. The van der Waals surface area contributed by atoms with Crippen LogP contribution < -0.4 is 5.32 Å². The predicted molar refractivity (Wildman–Crippen MR) is 126 cm³/mol. The molecule has 0 spiro atoms. The van der Waals surface area contributed by atoms with E-state index in [9.17, 15) is 9.59 Å². The lowest BCUT2D eigenvalue weighted by atomic mass is 10.1. The van der Waals surface area contributed by atoms with Gasteiger partial charge in [-0.15, -0.1) is 10.2 Å². The van der Waals surface area contributed by atoms with Gasteiger partial charge < -0.3 is 14.8 Å². The number of rotatable bonds is 6. The summed E-state index contributed by atoms with van der Waals surface area (Å²) in [6.07, 6.45) is 1.72. The normalized spacial score (nSPS) is 15.7. The second kappa shape index (κ2) is 9.75. The Hall–Kier alpha value is -2.84. The number of halogens is 1. The van der Waals surface area contributed by atoms with E-state index in [1.165, 1.54) is 11.8 Å². The Morgan fingerprint density at radius 3 is 2.72 bits per heavy atom. The standard InChI is InChI=1S/C23H24ClN5O2S/c1-15-5-3-6-18(13-15)25-20(30)14-32-23-27-26-21(28(23)2)19-7-4-12-29(19)22(31)16-8-10-17(24)11-9-16/h3,5-6,8-11,13,19H,4,7,12,14H2,1-2H3,(H,25,30). The summed E-state index contributed by atoms with van der Waals surface area (Å²) < 4.78 is 1.88. The highest BCUT2D eigenvalue weighted by atomic mass is 35.5. The summed E-state index contributed by atoms with van der Waals surface area (Å²) >= 11 is 7.28. The fourth-order valence-electron chi connectivity index (χ4n) is 3.83. The molecule has 166 valence electrons. The lowest BCUT2D eigenvalue weighted by molar-refractivity contribution is -0.113. The maximum Gasteiger partial charge on any atom is 0.254 e. The number of amides is 2. The van der Waals surface area contributed by atoms with Crippen molar-refractivity contribution in [3.63, 3.8) is 0 Å². The minimum Gasteiger partial charge on any atom is -0.328 e. The minimum absolute atomic E-state index is 0.0427. The van der Waals surface area contributed by atoms with Crippen molar-refractivity contribution in [3.8, 4) is 0 Å². The first-order valence-electron chi connectivity index (χ1n) is 10.4. The number of benzene rings is 2. The highest BCUT2D eigenvalue weighted by molar-refractivity contribution is 7.99. The highest BCUT2D eigenvalue weighted by Crippen LogP contribution is 2.33. The van der Waals surface area contributed by atoms with Crippen LogP contribution in [0.4, 0.5) is 5.69 Å². The number of hydrogen-bond acceptors (Lipinski definition) is 5. The van der Waals surface area contributed by atoms with E-state index in [0.717, 1.165) is 29.9 Å². The molecule has 0 radical (unpaired) electrons. The van der Waals surface area contributed by atoms with Gasteiger partial charge in [-0.25, -0.2) is 0 Å². The molecule has 1 N–H and O–H groups in total. The Morgan fingerprint density at radius 2 is 1.97 bits per heavy atom. The SMILES string of the molecule is Cc1cccc(NC(=O)CSc2nnc(C3CCCN3C(=O)c3ccc(Cl)cc3)n2C)c1. The van der Waals surface area contributed by atoms with Gasteiger partial charge in [0.1, 0.15) is 0 Å². The molecule has 1 unspecified atom stereocenters. The number of carbonyl (C=O) groups excluding carboxylic acids is 2. The van der Waals surface area contributed by atoms with Crippen LogP contribution in [0.1, 0.15) is 40.6 Å². The van der Waals surface area contributed by atoms with Crippen molar-refractivity contribution < 1.29 is 9.59 Å². The van der Waals surface area contributed by atoms with Crippen LogP contribution in [-0.4, -0.2) is 43.8 Å². The Bertz CT molecular complexity index is 1130. The van der Waals surface area contributed by atoms with Crippen LogP contribution in [0.3, 0.4) is 0 Å². The van der Waals surface area contributed by atoms with Crippen LogP contribution in [0.5, 0.6) is 0 Å². The maximum absolute atomic E-state index is 13.0. The van der Waals surface area contributed by atoms with Gasteiger partial charge in [0.15, 0.2) is 11.0 Å². The number of thioether (sulfide) groups is 1. The molecule has 9 heteroatoms. The summed E-state index contributed by atoms with van der Waals surface area (Å²) in [5.41, 5.74) is 2.46. The van der Waals surface area contributed by atoms with Gasteiger partial charge in [0.25, 0.3) is 5.91 Å². The molecule has 2 heterocycles. The summed E-state index contributed by atoms with van der Waals surface area (Å²) in [6, 6.07) is 14.5. The van der Waals surface area contributed by atoms with E-state index >= 15 is 0 Å².